The molecule has 1 atom stereocenters. The molecule has 1 N–H and O–H groups in total. The summed E-state index contributed by atoms with van der Waals surface area (Å²) in [5.41, 5.74) is 1.82. The van der Waals surface area contributed by atoms with Gasteiger partial charge in [0.1, 0.15) is 0 Å². The average Bonchev–Trinajstić information content (AvgIpc) is 3.58. The van der Waals surface area contributed by atoms with Gasteiger partial charge in [0.05, 0.1) is 27.0 Å². The summed E-state index contributed by atoms with van der Waals surface area (Å²) in [7, 11) is 0. The number of H-pyrrole nitrogens is 1. The lowest BCUT2D eigenvalue weighted by Crippen LogP contribution is -2.56. The molecular formula is C26H22N4O4S. The number of pyridine rings is 1. The first-order chi connectivity index (χ1) is 17.0. The van der Waals surface area contributed by atoms with E-state index in [2.05, 4.69) is 9.97 Å². The first-order valence-electron chi connectivity index (χ1n) is 11.2. The third-order valence-electron chi connectivity index (χ3n) is 6.19. The van der Waals surface area contributed by atoms with E-state index in [1.54, 1.807) is 35.2 Å². The van der Waals surface area contributed by atoms with Crippen LogP contribution in [0.4, 0.5) is 0 Å². The Labute approximate surface area is 205 Å². The maximum Gasteiger partial charge on any atom is 0.295 e. The van der Waals surface area contributed by atoms with Crippen molar-refractivity contribution >= 4 is 45.8 Å². The Kier molecular flexibility index (Phi) is 6.00. The maximum atomic E-state index is 13.2. The largest absolute Gasteiger partial charge is 0.358 e. The summed E-state index contributed by atoms with van der Waals surface area (Å²) in [5.74, 6) is -1.62. The van der Waals surface area contributed by atoms with E-state index in [0.717, 1.165) is 0 Å². The number of Topliss-reactive ketones (excluding diaryl/α,β-unsaturated/α-hetero) is 1. The van der Waals surface area contributed by atoms with Crippen molar-refractivity contribution in [3.63, 3.8) is 0 Å². The van der Waals surface area contributed by atoms with E-state index in [1.807, 2.05) is 30.5 Å². The third kappa shape index (κ3) is 4.15. The quantitative estimate of drug-likeness (QED) is 0.344. The summed E-state index contributed by atoms with van der Waals surface area (Å²) in [6.45, 7) is 2.74. The standard InChI is InChI=1S/C26H22N4O4S/c1-16-15-29(25(33)17-6-3-2-4-7-17)11-12-30(16)26(34)24(32)19-14-28-21-18(9-10-27-22(19)21)23(31)20-8-5-13-35-20/h2-10,13-14,16,28H,11-12,15H2,1H3. The lowest BCUT2D eigenvalue weighted by molar-refractivity contribution is -0.130. The van der Waals surface area contributed by atoms with Gasteiger partial charge in [-0.25, -0.2) is 0 Å². The summed E-state index contributed by atoms with van der Waals surface area (Å²) in [4.78, 5) is 63.0. The number of piperazine rings is 1. The Balaban J connectivity index is 1.34. The van der Waals surface area contributed by atoms with Crippen LogP contribution in [-0.4, -0.2) is 68.8 Å². The molecule has 1 unspecified atom stereocenters. The molecular weight excluding hydrogens is 464 g/mol. The van der Waals surface area contributed by atoms with Crippen molar-refractivity contribution in [2.24, 2.45) is 0 Å². The van der Waals surface area contributed by atoms with Gasteiger partial charge in [-0.05, 0) is 36.6 Å². The van der Waals surface area contributed by atoms with Crippen molar-refractivity contribution in [2.75, 3.05) is 19.6 Å². The molecule has 176 valence electrons. The molecule has 4 aromatic rings. The van der Waals surface area contributed by atoms with E-state index in [0.29, 0.717) is 34.6 Å². The van der Waals surface area contributed by atoms with Gasteiger partial charge in [-0.3, -0.25) is 24.2 Å². The van der Waals surface area contributed by atoms with Crippen LogP contribution < -0.4 is 0 Å². The zero-order valence-corrected chi connectivity index (χ0v) is 19.7. The van der Waals surface area contributed by atoms with Crippen molar-refractivity contribution in [3.05, 3.63) is 87.9 Å². The molecule has 0 saturated carbocycles. The highest BCUT2D eigenvalue weighted by atomic mass is 32.1. The van der Waals surface area contributed by atoms with Crippen molar-refractivity contribution in [2.45, 2.75) is 13.0 Å². The van der Waals surface area contributed by atoms with Crippen molar-refractivity contribution in [1.82, 2.24) is 19.8 Å². The van der Waals surface area contributed by atoms with E-state index in [9.17, 15) is 19.2 Å². The minimum Gasteiger partial charge on any atom is -0.358 e. The number of ketones is 2. The number of hydrogen-bond donors (Lipinski definition) is 1. The number of aromatic nitrogens is 2. The Bertz CT molecular complexity index is 1430. The first-order valence-corrected chi connectivity index (χ1v) is 12.1. The van der Waals surface area contributed by atoms with E-state index in [1.165, 1.54) is 28.6 Å². The second kappa shape index (κ2) is 9.27. The van der Waals surface area contributed by atoms with Crippen molar-refractivity contribution in [3.8, 4) is 0 Å². The van der Waals surface area contributed by atoms with E-state index in [4.69, 9.17) is 0 Å². The summed E-state index contributed by atoms with van der Waals surface area (Å²) >= 11 is 1.33. The summed E-state index contributed by atoms with van der Waals surface area (Å²) in [6.07, 6.45) is 2.90. The van der Waals surface area contributed by atoms with Crippen LogP contribution >= 0.6 is 11.3 Å². The number of fused-ring (bicyclic) bond motifs is 1. The Morgan fingerprint density at radius 3 is 2.51 bits per heavy atom. The van der Waals surface area contributed by atoms with E-state index < -0.39 is 11.7 Å². The van der Waals surface area contributed by atoms with Gasteiger partial charge in [0.25, 0.3) is 17.6 Å². The van der Waals surface area contributed by atoms with Gasteiger partial charge in [-0.15, -0.1) is 11.3 Å². The molecule has 1 aliphatic heterocycles. The lowest BCUT2D eigenvalue weighted by Gasteiger charge is -2.39. The Morgan fingerprint density at radius 2 is 1.80 bits per heavy atom. The fourth-order valence-corrected chi connectivity index (χ4v) is 5.06. The van der Waals surface area contributed by atoms with Crippen LogP contribution in [0.5, 0.6) is 0 Å². The number of nitrogens with one attached hydrogen (secondary N) is 1. The van der Waals surface area contributed by atoms with Crippen LogP contribution in [-0.2, 0) is 4.79 Å². The van der Waals surface area contributed by atoms with Crippen molar-refractivity contribution in [1.29, 1.82) is 0 Å². The molecule has 3 aromatic heterocycles. The zero-order chi connectivity index (χ0) is 24.5. The molecule has 0 radical (unpaired) electrons. The fraction of sp³-hybridized carbons (Fsp3) is 0.192. The van der Waals surface area contributed by atoms with E-state index >= 15 is 0 Å². The number of aromatic amines is 1. The second-order valence-electron chi connectivity index (χ2n) is 8.38. The molecule has 2 amide bonds. The molecule has 1 aromatic carbocycles. The van der Waals surface area contributed by atoms with Gasteiger partial charge in [-0.2, -0.15) is 0 Å². The molecule has 8 nitrogen and oxygen atoms in total. The molecule has 4 heterocycles. The number of benzene rings is 1. The van der Waals surface area contributed by atoms with Crippen molar-refractivity contribution < 1.29 is 19.2 Å². The second-order valence-corrected chi connectivity index (χ2v) is 9.33. The molecule has 1 saturated heterocycles. The van der Waals surface area contributed by atoms with Gasteiger partial charge in [-0.1, -0.05) is 24.3 Å². The van der Waals surface area contributed by atoms with Crippen LogP contribution in [0.1, 0.15) is 42.9 Å². The number of carbonyl (C=O) groups excluding carboxylic acids is 4. The molecule has 5 rings (SSSR count). The van der Waals surface area contributed by atoms with E-state index in [-0.39, 0.29) is 35.4 Å². The summed E-state index contributed by atoms with van der Waals surface area (Å²) in [6, 6.07) is 13.8. The van der Waals surface area contributed by atoms with Gasteiger partial charge in [0, 0.05) is 43.6 Å². The first kappa shape index (κ1) is 22.7. The number of amides is 2. The number of nitrogens with zero attached hydrogens (tertiary/aromatic N) is 3. The minimum absolute atomic E-state index is 0.0976. The molecule has 35 heavy (non-hydrogen) atoms. The van der Waals surface area contributed by atoms with Gasteiger partial charge < -0.3 is 14.8 Å². The smallest absolute Gasteiger partial charge is 0.295 e. The Hall–Kier alpha value is -4.11. The van der Waals surface area contributed by atoms with Crippen LogP contribution in [0, 0.1) is 0 Å². The molecule has 0 spiro atoms. The fourth-order valence-electron chi connectivity index (χ4n) is 4.38. The molecule has 9 heteroatoms. The van der Waals surface area contributed by atoms with Crippen LogP contribution in [0.3, 0.4) is 0 Å². The summed E-state index contributed by atoms with van der Waals surface area (Å²) in [5, 5.41) is 1.82. The van der Waals surface area contributed by atoms with Crippen LogP contribution in [0.25, 0.3) is 11.0 Å². The topological polar surface area (TPSA) is 103 Å². The highest BCUT2D eigenvalue weighted by Gasteiger charge is 2.34. The maximum absolute atomic E-state index is 13.2. The number of hydrogen-bond acceptors (Lipinski definition) is 6. The normalized spacial score (nSPS) is 15.9. The zero-order valence-electron chi connectivity index (χ0n) is 18.9. The number of carbonyl (C=O) groups is 4. The SMILES string of the molecule is CC1CN(C(=O)c2ccccc2)CCN1C(=O)C(=O)c1c[nH]c2c(C(=O)c3cccs3)ccnc12. The molecule has 1 fully saturated rings. The molecule has 0 aliphatic carbocycles. The third-order valence-corrected chi connectivity index (χ3v) is 7.06. The highest BCUT2D eigenvalue weighted by molar-refractivity contribution is 7.12. The lowest BCUT2D eigenvalue weighted by atomic mass is 10.1. The predicted molar refractivity (Wildman–Crippen MR) is 132 cm³/mol. The minimum atomic E-state index is -0.695. The van der Waals surface area contributed by atoms with Crippen LogP contribution in [0.2, 0.25) is 0 Å². The Morgan fingerprint density at radius 1 is 1.00 bits per heavy atom. The number of thiophene rings is 1. The molecule has 1 aliphatic rings. The monoisotopic (exact) mass is 486 g/mol. The van der Waals surface area contributed by atoms with Crippen LogP contribution in [0.15, 0.2) is 66.3 Å². The van der Waals surface area contributed by atoms with Gasteiger partial charge in [0.15, 0.2) is 0 Å². The van der Waals surface area contributed by atoms with Gasteiger partial charge in [0.2, 0.25) is 5.78 Å². The highest BCUT2D eigenvalue weighted by Crippen LogP contribution is 2.25. The molecule has 0 bridgehead atoms. The average molecular weight is 487 g/mol. The van der Waals surface area contributed by atoms with Gasteiger partial charge >= 0.3 is 0 Å². The summed E-state index contributed by atoms with van der Waals surface area (Å²) < 4.78 is 0. The number of rotatable bonds is 5. The predicted octanol–water partition coefficient (Wildman–Crippen LogP) is 3.41.